The highest BCUT2D eigenvalue weighted by atomic mass is 35.5. The number of aromatic nitrogens is 1. The lowest BCUT2D eigenvalue weighted by molar-refractivity contribution is -0.120. The van der Waals surface area contributed by atoms with Gasteiger partial charge in [-0.2, -0.15) is 0 Å². The smallest absolute Gasteiger partial charge is 0.238 e. The van der Waals surface area contributed by atoms with Crippen LogP contribution in [0.5, 0.6) is 0 Å². The number of nitrogens with zero attached hydrogens (tertiary/aromatic N) is 2. The minimum Gasteiger partial charge on any atom is -0.354 e. The molecule has 1 N–H and O–H groups in total. The Kier molecular flexibility index (Phi) is 4.35. The van der Waals surface area contributed by atoms with Gasteiger partial charge in [0.05, 0.1) is 12.2 Å². The second-order valence-corrected chi connectivity index (χ2v) is 4.84. The second-order valence-electron chi connectivity index (χ2n) is 3.35. The van der Waals surface area contributed by atoms with E-state index in [-0.39, 0.29) is 5.91 Å². The fraction of sp³-hybridized carbons (Fsp3) is 0.556. The van der Waals surface area contributed by atoms with E-state index in [1.807, 2.05) is 24.4 Å². The molecule has 1 heterocycles. The minimum absolute atomic E-state index is 0.170. The number of rotatable bonds is 4. The number of alkyl halides is 1. The number of anilines is 1. The maximum Gasteiger partial charge on any atom is 0.238 e. The summed E-state index contributed by atoms with van der Waals surface area (Å²) in [5.41, 5.74) is 0.856. The first-order valence-corrected chi connectivity index (χ1v) is 5.86. The van der Waals surface area contributed by atoms with Crippen LogP contribution in [0.15, 0.2) is 5.38 Å². The molecule has 1 atom stereocenters. The summed E-state index contributed by atoms with van der Waals surface area (Å²) in [5.74, 6) is -0.170. The Balaban J connectivity index is 2.48. The van der Waals surface area contributed by atoms with Crippen LogP contribution in [0.25, 0.3) is 0 Å². The molecule has 0 saturated heterocycles. The Bertz CT molecular complexity index is 338. The van der Waals surface area contributed by atoms with Crippen LogP contribution in [0.3, 0.4) is 0 Å². The van der Waals surface area contributed by atoms with Gasteiger partial charge in [0.25, 0.3) is 0 Å². The lowest BCUT2D eigenvalue weighted by Gasteiger charge is -2.06. The van der Waals surface area contributed by atoms with Crippen molar-refractivity contribution in [3.63, 3.8) is 0 Å². The number of hydrogen-bond donors (Lipinski definition) is 1. The predicted molar refractivity (Wildman–Crippen MR) is 63.6 cm³/mol. The van der Waals surface area contributed by atoms with Gasteiger partial charge in [-0.1, -0.05) is 0 Å². The summed E-state index contributed by atoms with van der Waals surface area (Å²) in [6.07, 6.45) is 0. The summed E-state index contributed by atoms with van der Waals surface area (Å²) in [5, 5.41) is 5.06. The van der Waals surface area contributed by atoms with Crippen molar-refractivity contribution in [3.05, 3.63) is 11.1 Å². The van der Waals surface area contributed by atoms with Crippen molar-refractivity contribution in [2.24, 2.45) is 0 Å². The zero-order valence-electron chi connectivity index (χ0n) is 8.95. The van der Waals surface area contributed by atoms with Gasteiger partial charge in [-0.05, 0) is 6.92 Å². The minimum atomic E-state index is -0.503. The molecule has 1 aromatic heterocycles. The van der Waals surface area contributed by atoms with Gasteiger partial charge in [-0.3, -0.25) is 4.79 Å². The molecule has 0 aliphatic carbocycles. The molecule has 1 amide bonds. The van der Waals surface area contributed by atoms with Crippen molar-refractivity contribution < 1.29 is 4.79 Å². The van der Waals surface area contributed by atoms with Crippen molar-refractivity contribution in [3.8, 4) is 0 Å². The van der Waals surface area contributed by atoms with Crippen molar-refractivity contribution in [2.75, 3.05) is 19.0 Å². The molecule has 0 spiro atoms. The van der Waals surface area contributed by atoms with E-state index in [1.54, 1.807) is 18.3 Å². The topological polar surface area (TPSA) is 45.2 Å². The highest BCUT2D eigenvalue weighted by Gasteiger charge is 2.09. The van der Waals surface area contributed by atoms with Crippen LogP contribution in [0.1, 0.15) is 12.6 Å². The SMILES string of the molecule is CC(Cl)C(=O)NCc1csc(N(C)C)n1. The second kappa shape index (κ2) is 5.32. The highest BCUT2D eigenvalue weighted by molar-refractivity contribution is 7.13. The quantitative estimate of drug-likeness (QED) is 0.820. The van der Waals surface area contributed by atoms with Crippen LogP contribution < -0.4 is 10.2 Å². The average molecular weight is 248 g/mol. The van der Waals surface area contributed by atoms with Crippen LogP contribution in [0, 0.1) is 0 Å². The Labute approximate surface area is 98.3 Å². The number of carbonyl (C=O) groups excluding carboxylic acids is 1. The van der Waals surface area contributed by atoms with Crippen molar-refractivity contribution in [1.29, 1.82) is 0 Å². The molecule has 0 bridgehead atoms. The fourth-order valence-corrected chi connectivity index (χ4v) is 1.74. The Morgan fingerprint density at radius 2 is 2.40 bits per heavy atom. The molecule has 1 rings (SSSR count). The third kappa shape index (κ3) is 3.68. The molecule has 1 aromatic rings. The van der Waals surface area contributed by atoms with Crippen molar-refractivity contribution in [2.45, 2.75) is 18.8 Å². The Morgan fingerprint density at radius 3 is 2.87 bits per heavy atom. The summed E-state index contributed by atoms with van der Waals surface area (Å²) in [6.45, 7) is 2.07. The predicted octanol–water partition coefficient (Wildman–Crippen LogP) is 1.45. The van der Waals surface area contributed by atoms with Gasteiger partial charge in [-0.15, -0.1) is 22.9 Å². The lowest BCUT2D eigenvalue weighted by Crippen LogP contribution is -2.29. The van der Waals surface area contributed by atoms with Gasteiger partial charge in [0.15, 0.2) is 5.13 Å². The van der Waals surface area contributed by atoms with E-state index in [4.69, 9.17) is 11.6 Å². The van der Waals surface area contributed by atoms with Gasteiger partial charge in [-0.25, -0.2) is 4.98 Å². The van der Waals surface area contributed by atoms with E-state index in [0.717, 1.165) is 10.8 Å². The molecule has 0 aromatic carbocycles. The lowest BCUT2D eigenvalue weighted by atomic mass is 10.4. The van der Waals surface area contributed by atoms with Crippen LogP contribution in [0.4, 0.5) is 5.13 Å². The Morgan fingerprint density at radius 1 is 1.73 bits per heavy atom. The summed E-state index contributed by atoms with van der Waals surface area (Å²) in [7, 11) is 3.87. The van der Waals surface area contributed by atoms with Crippen molar-refractivity contribution in [1.82, 2.24) is 10.3 Å². The molecule has 0 radical (unpaired) electrons. The summed E-state index contributed by atoms with van der Waals surface area (Å²) in [6, 6.07) is 0. The zero-order valence-corrected chi connectivity index (χ0v) is 10.5. The summed E-state index contributed by atoms with van der Waals surface area (Å²) >= 11 is 7.16. The van der Waals surface area contributed by atoms with Crippen LogP contribution in [-0.2, 0) is 11.3 Å². The fourth-order valence-electron chi connectivity index (χ4n) is 0.901. The van der Waals surface area contributed by atoms with Gasteiger partial charge in [0, 0.05) is 19.5 Å². The van der Waals surface area contributed by atoms with Gasteiger partial charge in [0.1, 0.15) is 5.38 Å². The number of halogens is 1. The molecule has 0 aliphatic rings. The zero-order chi connectivity index (χ0) is 11.4. The number of thiazole rings is 1. The monoisotopic (exact) mass is 247 g/mol. The molecule has 15 heavy (non-hydrogen) atoms. The number of amides is 1. The molecule has 6 heteroatoms. The van der Waals surface area contributed by atoms with Crippen LogP contribution in [0.2, 0.25) is 0 Å². The Hall–Kier alpha value is -0.810. The number of hydrogen-bond acceptors (Lipinski definition) is 4. The summed E-state index contributed by atoms with van der Waals surface area (Å²) < 4.78 is 0. The largest absolute Gasteiger partial charge is 0.354 e. The molecule has 0 aliphatic heterocycles. The maximum absolute atomic E-state index is 11.2. The first-order chi connectivity index (χ1) is 7.00. The van der Waals surface area contributed by atoms with Gasteiger partial charge < -0.3 is 10.2 Å². The van der Waals surface area contributed by atoms with Crippen LogP contribution in [-0.4, -0.2) is 30.4 Å². The third-order valence-corrected chi connectivity index (χ3v) is 2.98. The summed E-state index contributed by atoms with van der Waals surface area (Å²) in [4.78, 5) is 17.4. The molecular formula is C9H14ClN3OS. The average Bonchev–Trinajstić information content (AvgIpc) is 2.62. The molecule has 84 valence electrons. The van der Waals surface area contributed by atoms with E-state index in [9.17, 15) is 4.79 Å². The number of nitrogens with one attached hydrogen (secondary N) is 1. The van der Waals surface area contributed by atoms with E-state index >= 15 is 0 Å². The van der Waals surface area contributed by atoms with E-state index in [0.29, 0.717) is 6.54 Å². The molecular weight excluding hydrogens is 234 g/mol. The molecule has 0 fully saturated rings. The van der Waals surface area contributed by atoms with Crippen LogP contribution >= 0.6 is 22.9 Å². The van der Waals surface area contributed by atoms with Crippen molar-refractivity contribution >= 4 is 34.0 Å². The maximum atomic E-state index is 11.2. The first-order valence-electron chi connectivity index (χ1n) is 4.54. The van der Waals surface area contributed by atoms with E-state index < -0.39 is 5.38 Å². The van der Waals surface area contributed by atoms with Gasteiger partial charge in [0.2, 0.25) is 5.91 Å². The highest BCUT2D eigenvalue weighted by Crippen LogP contribution is 2.17. The van der Waals surface area contributed by atoms with E-state index in [1.165, 1.54) is 0 Å². The molecule has 4 nitrogen and oxygen atoms in total. The normalized spacial score (nSPS) is 12.3. The third-order valence-electron chi connectivity index (χ3n) is 1.73. The van der Waals surface area contributed by atoms with Gasteiger partial charge >= 0.3 is 0 Å². The standard InChI is InChI=1S/C9H14ClN3OS/c1-6(10)8(14)11-4-7-5-15-9(12-7)13(2)3/h5-6H,4H2,1-3H3,(H,11,14). The first kappa shape index (κ1) is 12.3. The van der Waals surface area contributed by atoms with E-state index in [2.05, 4.69) is 10.3 Å². The molecule has 0 saturated carbocycles. The molecule has 1 unspecified atom stereocenters. The number of carbonyl (C=O) groups is 1.